The van der Waals surface area contributed by atoms with Crippen LogP contribution in [0.4, 0.5) is 0 Å². The Kier molecular flexibility index (Phi) is 4.98. The number of rotatable bonds is 3. The van der Waals surface area contributed by atoms with Gasteiger partial charge in [-0.2, -0.15) is 0 Å². The van der Waals surface area contributed by atoms with Crippen LogP contribution in [-0.4, -0.2) is 50.9 Å². The number of carbonyl (C=O) groups is 2. The van der Waals surface area contributed by atoms with E-state index < -0.39 is 52.6 Å². The van der Waals surface area contributed by atoms with Crippen molar-refractivity contribution in [2.45, 2.75) is 69.3 Å². The van der Waals surface area contributed by atoms with Crippen LogP contribution in [0, 0.1) is 17.8 Å². The Bertz CT molecular complexity index is 711. The highest BCUT2D eigenvalue weighted by molar-refractivity contribution is 6.21. The Morgan fingerprint density at radius 1 is 1.48 bits per heavy atom. The van der Waals surface area contributed by atoms with Crippen LogP contribution in [0.1, 0.15) is 40.5 Å². The van der Waals surface area contributed by atoms with Crippen molar-refractivity contribution in [3.8, 4) is 0 Å². The van der Waals surface area contributed by atoms with Crippen LogP contribution in [0.5, 0.6) is 0 Å². The predicted octanol–water partition coefficient (Wildman–Crippen LogP) is 2.11. The fourth-order valence-corrected chi connectivity index (χ4v) is 5.07. The minimum Gasteiger partial charge on any atom is -0.458 e. The van der Waals surface area contributed by atoms with Crippen molar-refractivity contribution in [1.82, 2.24) is 0 Å². The second-order valence-corrected chi connectivity index (χ2v) is 9.15. The lowest BCUT2D eigenvalue weighted by Gasteiger charge is -2.39. The molecular formula is C20H27ClO6. The number of halogens is 1. The number of hydrogen-bond acceptors (Lipinski definition) is 6. The molecule has 2 aliphatic carbocycles. The van der Waals surface area contributed by atoms with Crippen molar-refractivity contribution in [3.63, 3.8) is 0 Å². The second-order valence-electron chi connectivity index (χ2n) is 8.62. The first-order valence-corrected chi connectivity index (χ1v) is 9.70. The lowest BCUT2D eigenvalue weighted by molar-refractivity contribution is -0.158. The van der Waals surface area contributed by atoms with Gasteiger partial charge in [0, 0.05) is 12.0 Å². The van der Waals surface area contributed by atoms with E-state index in [2.05, 4.69) is 6.58 Å². The number of carbonyl (C=O) groups excluding carboxylic acids is 2. The summed E-state index contributed by atoms with van der Waals surface area (Å²) in [5.41, 5.74) is -2.24. The summed E-state index contributed by atoms with van der Waals surface area (Å²) >= 11 is 6.34. The van der Waals surface area contributed by atoms with Crippen LogP contribution >= 0.6 is 11.6 Å². The van der Waals surface area contributed by atoms with E-state index in [0.717, 1.165) is 0 Å². The summed E-state index contributed by atoms with van der Waals surface area (Å²) in [6.07, 6.45) is 0.290. The minimum atomic E-state index is -1.48. The van der Waals surface area contributed by atoms with Gasteiger partial charge in [-0.25, -0.2) is 4.79 Å². The van der Waals surface area contributed by atoms with Gasteiger partial charge in [-0.3, -0.25) is 4.79 Å². The maximum atomic E-state index is 12.3. The lowest BCUT2D eigenvalue weighted by atomic mass is 9.74. The maximum Gasteiger partial charge on any atom is 0.334 e. The van der Waals surface area contributed by atoms with E-state index in [4.69, 9.17) is 21.1 Å². The summed E-state index contributed by atoms with van der Waals surface area (Å²) in [5.74, 6) is -2.43. The third-order valence-corrected chi connectivity index (χ3v) is 6.75. The first kappa shape index (κ1) is 20.4. The van der Waals surface area contributed by atoms with Crippen molar-refractivity contribution < 1.29 is 29.3 Å². The van der Waals surface area contributed by atoms with Gasteiger partial charge in [-0.15, -0.1) is 11.6 Å². The molecule has 3 aliphatic rings. The van der Waals surface area contributed by atoms with Gasteiger partial charge in [0.2, 0.25) is 0 Å². The zero-order valence-corrected chi connectivity index (χ0v) is 16.8. The molecule has 7 atom stereocenters. The van der Waals surface area contributed by atoms with Crippen LogP contribution < -0.4 is 0 Å². The average Bonchev–Trinajstić information content (AvgIpc) is 2.85. The topological polar surface area (TPSA) is 93.1 Å². The van der Waals surface area contributed by atoms with Crippen LogP contribution in [0.2, 0.25) is 0 Å². The molecule has 27 heavy (non-hydrogen) atoms. The highest BCUT2D eigenvalue weighted by Crippen LogP contribution is 2.56. The van der Waals surface area contributed by atoms with Gasteiger partial charge < -0.3 is 19.7 Å². The normalized spacial score (nSPS) is 43.7. The number of aliphatic hydroxyl groups is 2. The number of hydrogen-bond donors (Lipinski definition) is 2. The molecule has 0 radical (unpaired) electrons. The molecule has 150 valence electrons. The third-order valence-electron chi connectivity index (χ3n) is 6.15. The molecule has 1 heterocycles. The SMILES string of the molecule is C=C1C(=O)OC2C1C(OC(=O)CC(C)C)C=C(C)C1(O)CC(Cl)C(C)(O)C21. The first-order chi connectivity index (χ1) is 12.4. The number of ether oxygens (including phenoxy) is 2. The quantitative estimate of drug-likeness (QED) is 0.327. The van der Waals surface area contributed by atoms with E-state index in [0.29, 0.717) is 5.57 Å². The molecule has 0 amide bonds. The van der Waals surface area contributed by atoms with Gasteiger partial charge in [-0.05, 0) is 37.8 Å². The average molecular weight is 399 g/mol. The number of esters is 2. The summed E-state index contributed by atoms with van der Waals surface area (Å²) in [5, 5.41) is 21.7. The zero-order chi connectivity index (χ0) is 20.3. The van der Waals surface area contributed by atoms with Crippen LogP contribution in [0.25, 0.3) is 0 Å². The van der Waals surface area contributed by atoms with Gasteiger partial charge in [0.25, 0.3) is 0 Å². The van der Waals surface area contributed by atoms with Crippen molar-refractivity contribution >= 4 is 23.5 Å². The van der Waals surface area contributed by atoms with Crippen molar-refractivity contribution in [2.75, 3.05) is 0 Å². The van der Waals surface area contributed by atoms with Crippen molar-refractivity contribution in [1.29, 1.82) is 0 Å². The molecule has 0 bridgehead atoms. The van der Waals surface area contributed by atoms with Gasteiger partial charge in [0.05, 0.1) is 28.4 Å². The fourth-order valence-electron chi connectivity index (χ4n) is 4.70. The zero-order valence-electron chi connectivity index (χ0n) is 16.1. The van der Waals surface area contributed by atoms with Gasteiger partial charge in [0.15, 0.2) is 0 Å². The number of fused-ring (bicyclic) bond motifs is 3. The van der Waals surface area contributed by atoms with Gasteiger partial charge >= 0.3 is 11.9 Å². The largest absolute Gasteiger partial charge is 0.458 e. The van der Waals surface area contributed by atoms with E-state index in [9.17, 15) is 19.8 Å². The molecule has 0 aromatic heterocycles. The first-order valence-electron chi connectivity index (χ1n) is 9.26. The summed E-state index contributed by atoms with van der Waals surface area (Å²) in [4.78, 5) is 24.5. The minimum absolute atomic E-state index is 0.106. The van der Waals surface area contributed by atoms with E-state index in [1.807, 2.05) is 13.8 Å². The van der Waals surface area contributed by atoms with Crippen LogP contribution in [0.15, 0.2) is 23.8 Å². The second kappa shape index (κ2) is 6.61. The third kappa shape index (κ3) is 3.12. The molecular weight excluding hydrogens is 372 g/mol. The maximum absolute atomic E-state index is 12.3. The lowest BCUT2D eigenvalue weighted by Crippen LogP contribution is -2.52. The van der Waals surface area contributed by atoms with Crippen molar-refractivity contribution in [2.24, 2.45) is 17.8 Å². The molecule has 2 fully saturated rings. The molecule has 1 saturated heterocycles. The Morgan fingerprint density at radius 3 is 2.70 bits per heavy atom. The molecule has 3 rings (SSSR count). The Balaban J connectivity index is 2.06. The van der Waals surface area contributed by atoms with E-state index in [-0.39, 0.29) is 24.3 Å². The molecule has 6 nitrogen and oxygen atoms in total. The number of alkyl halides is 1. The predicted molar refractivity (Wildman–Crippen MR) is 98.9 cm³/mol. The van der Waals surface area contributed by atoms with E-state index >= 15 is 0 Å². The summed E-state index contributed by atoms with van der Waals surface area (Å²) < 4.78 is 11.2. The highest BCUT2D eigenvalue weighted by atomic mass is 35.5. The Morgan fingerprint density at radius 2 is 2.11 bits per heavy atom. The summed E-state index contributed by atoms with van der Waals surface area (Å²) in [7, 11) is 0. The standard InChI is InChI=1S/C20H27ClO6/c1-9(2)6-14(22)26-12-7-10(3)20(25)8-13(21)19(5,24)17(20)16-15(12)11(4)18(23)27-16/h7,9,12-13,15-17,24-25H,4,6,8H2,1-3,5H3. The smallest absolute Gasteiger partial charge is 0.334 e. The Hall–Kier alpha value is -1.37. The molecule has 1 aliphatic heterocycles. The summed E-state index contributed by atoms with van der Waals surface area (Å²) in [6.45, 7) is 10.9. The molecule has 0 aromatic rings. The molecule has 1 saturated carbocycles. The van der Waals surface area contributed by atoms with E-state index in [1.54, 1.807) is 13.0 Å². The molecule has 0 aromatic carbocycles. The molecule has 7 heteroatoms. The van der Waals surface area contributed by atoms with Crippen LogP contribution in [-0.2, 0) is 19.1 Å². The van der Waals surface area contributed by atoms with Gasteiger partial charge in [0.1, 0.15) is 12.2 Å². The fraction of sp³-hybridized carbons (Fsp3) is 0.700. The van der Waals surface area contributed by atoms with Crippen LogP contribution in [0.3, 0.4) is 0 Å². The van der Waals surface area contributed by atoms with Gasteiger partial charge in [-0.1, -0.05) is 20.4 Å². The Labute approximate surface area is 164 Å². The van der Waals surface area contributed by atoms with Crippen molar-refractivity contribution in [3.05, 3.63) is 23.8 Å². The molecule has 0 spiro atoms. The monoisotopic (exact) mass is 398 g/mol. The summed E-state index contributed by atoms with van der Waals surface area (Å²) in [6, 6.07) is 0. The highest BCUT2D eigenvalue weighted by Gasteiger charge is 2.67. The van der Waals surface area contributed by atoms with E-state index in [1.165, 1.54) is 6.92 Å². The molecule has 2 N–H and O–H groups in total. The molecule has 7 unspecified atom stereocenters.